The molecule has 0 unspecified atom stereocenters. The number of carbonyl (C=O) groups excluding carboxylic acids is 3. The molecule has 0 saturated heterocycles. The normalized spacial score (nSPS) is 10.8. The van der Waals surface area contributed by atoms with Crippen molar-refractivity contribution in [2.75, 3.05) is 37.1 Å². The van der Waals surface area contributed by atoms with Crippen LogP contribution in [0.5, 0.6) is 0 Å². The zero-order valence-electron chi connectivity index (χ0n) is 20.0. The first kappa shape index (κ1) is 31.9. The van der Waals surface area contributed by atoms with Gasteiger partial charge >= 0.3 is 35.0 Å². The number of hydrogen-bond donors (Lipinski definition) is 3. The summed E-state index contributed by atoms with van der Waals surface area (Å²) in [5.74, 6) is -0.0143. The number of ether oxygens (including phenoxy) is 3. The van der Waals surface area contributed by atoms with Gasteiger partial charge in [-0.1, -0.05) is 0 Å². The first-order chi connectivity index (χ1) is 17.3. The van der Waals surface area contributed by atoms with E-state index in [9.17, 15) is 28.8 Å². The van der Waals surface area contributed by atoms with Crippen molar-refractivity contribution < 1.29 is 28.6 Å². The van der Waals surface area contributed by atoms with Crippen LogP contribution in [0.4, 0.5) is 0 Å². The molecule has 0 saturated carbocycles. The third kappa shape index (κ3) is 11.3. The summed E-state index contributed by atoms with van der Waals surface area (Å²) >= 11 is 12.1. The van der Waals surface area contributed by atoms with Gasteiger partial charge in [-0.15, -0.1) is 0 Å². The van der Waals surface area contributed by atoms with Crippen molar-refractivity contribution in [2.45, 2.75) is 58.2 Å². The third-order valence-electron chi connectivity index (χ3n) is 4.74. The Morgan fingerprint density at radius 2 is 0.778 bits per heavy atom. The van der Waals surface area contributed by atoms with Crippen molar-refractivity contribution in [2.24, 2.45) is 0 Å². The molecule has 1 aromatic heterocycles. The summed E-state index contributed by atoms with van der Waals surface area (Å²) in [6.07, 6.45) is 1.95. The number of rotatable bonds is 18. The van der Waals surface area contributed by atoms with E-state index in [2.05, 4.69) is 37.9 Å². The van der Waals surface area contributed by atoms with Gasteiger partial charge < -0.3 is 14.2 Å². The lowest BCUT2D eigenvalue weighted by molar-refractivity contribution is -0.144. The van der Waals surface area contributed by atoms with Crippen molar-refractivity contribution in [1.29, 1.82) is 0 Å². The van der Waals surface area contributed by atoms with Gasteiger partial charge in [-0.05, 0) is 36.5 Å². The molecular formula is C21H33N3O9S3. The smallest absolute Gasteiger partial charge is 0.336 e. The second-order valence-corrected chi connectivity index (χ2v) is 8.79. The van der Waals surface area contributed by atoms with E-state index in [0.717, 1.165) is 13.7 Å². The van der Waals surface area contributed by atoms with Gasteiger partial charge in [0, 0.05) is 19.3 Å². The lowest BCUT2D eigenvalue weighted by Crippen LogP contribution is -2.55. The standard InChI is InChI=1S/C21H33N3O9S3/c25-16(4-1-13-34)31-10-7-22-19(28)23(8-11-32-17(26)5-2-14-35)21(30)24(20(22)29)9-12-33-18(27)6-3-15-36/h34-36H,1-15H2. The summed E-state index contributed by atoms with van der Waals surface area (Å²) in [5, 5.41) is 0. The van der Waals surface area contributed by atoms with E-state index in [1.54, 1.807) is 0 Å². The van der Waals surface area contributed by atoms with Crippen LogP contribution in [0, 0.1) is 0 Å². The molecule has 0 bridgehead atoms. The first-order valence-corrected chi connectivity index (χ1v) is 13.4. The van der Waals surface area contributed by atoms with E-state index in [-0.39, 0.29) is 58.7 Å². The molecule has 0 atom stereocenters. The molecular weight excluding hydrogens is 534 g/mol. The van der Waals surface area contributed by atoms with E-state index in [4.69, 9.17) is 14.2 Å². The van der Waals surface area contributed by atoms with Crippen molar-refractivity contribution in [3.8, 4) is 0 Å². The average Bonchev–Trinajstić information content (AvgIpc) is 2.86. The van der Waals surface area contributed by atoms with Gasteiger partial charge in [-0.25, -0.2) is 28.1 Å². The quantitative estimate of drug-likeness (QED) is 0.126. The van der Waals surface area contributed by atoms with Crippen LogP contribution < -0.4 is 17.1 Å². The Balaban J connectivity index is 3.07. The van der Waals surface area contributed by atoms with Crippen LogP contribution in [-0.2, 0) is 48.2 Å². The molecule has 0 radical (unpaired) electrons. The molecule has 1 heterocycles. The Morgan fingerprint density at radius 3 is 1.00 bits per heavy atom. The molecule has 0 fully saturated rings. The number of nitrogens with zero attached hydrogens (tertiary/aromatic N) is 3. The minimum atomic E-state index is -0.940. The first-order valence-electron chi connectivity index (χ1n) is 11.5. The Hall–Kier alpha value is -2.13. The fraction of sp³-hybridized carbons (Fsp3) is 0.714. The van der Waals surface area contributed by atoms with Crippen molar-refractivity contribution >= 4 is 55.8 Å². The van der Waals surface area contributed by atoms with Crippen LogP contribution in [0.1, 0.15) is 38.5 Å². The molecule has 1 rings (SSSR count). The fourth-order valence-corrected chi connectivity index (χ4v) is 3.37. The molecule has 36 heavy (non-hydrogen) atoms. The Bertz CT molecular complexity index is 877. The number of aromatic nitrogens is 3. The van der Waals surface area contributed by atoms with Gasteiger partial charge in [-0.2, -0.15) is 37.9 Å². The minimum absolute atomic E-state index is 0.138. The lowest BCUT2D eigenvalue weighted by Gasteiger charge is -2.14. The van der Waals surface area contributed by atoms with E-state index >= 15 is 0 Å². The SMILES string of the molecule is O=C(CCCS)OCCn1c(=O)n(CCOC(=O)CCCS)c(=O)n(CCOC(=O)CCCS)c1=O. The summed E-state index contributed by atoms with van der Waals surface area (Å²) in [5.41, 5.74) is -2.82. The largest absolute Gasteiger partial charge is 0.464 e. The molecule has 0 aliphatic rings. The maximum Gasteiger partial charge on any atom is 0.336 e. The Kier molecular flexibility index (Phi) is 16.1. The van der Waals surface area contributed by atoms with Gasteiger partial charge in [0.2, 0.25) is 0 Å². The molecule has 0 amide bonds. The molecule has 0 aliphatic carbocycles. The zero-order chi connectivity index (χ0) is 26.9. The van der Waals surface area contributed by atoms with Gasteiger partial charge in [-0.3, -0.25) is 14.4 Å². The van der Waals surface area contributed by atoms with Crippen LogP contribution in [0.3, 0.4) is 0 Å². The van der Waals surface area contributed by atoms with Crippen LogP contribution in [0.15, 0.2) is 14.4 Å². The maximum atomic E-state index is 12.9. The lowest BCUT2D eigenvalue weighted by atomic mass is 10.3. The van der Waals surface area contributed by atoms with E-state index in [0.29, 0.717) is 36.5 Å². The van der Waals surface area contributed by atoms with E-state index in [1.165, 1.54) is 0 Å². The van der Waals surface area contributed by atoms with E-state index < -0.39 is 35.0 Å². The monoisotopic (exact) mass is 567 g/mol. The van der Waals surface area contributed by atoms with Gasteiger partial charge in [0.1, 0.15) is 19.8 Å². The van der Waals surface area contributed by atoms with Gasteiger partial charge in [0.15, 0.2) is 0 Å². The maximum absolute atomic E-state index is 12.9. The predicted octanol–water partition coefficient (Wildman–Crippen LogP) is -0.0687. The van der Waals surface area contributed by atoms with Crippen LogP contribution in [-0.4, -0.2) is 68.7 Å². The Morgan fingerprint density at radius 1 is 0.528 bits per heavy atom. The molecule has 0 aromatic carbocycles. The highest BCUT2D eigenvalue weighted by atomic mass is 32.1. The molecule has 12 nitrogen and oxygen atoms in total. The van der Waals surface area contributed by atoms with Gasteiger partial charge in [0.25, 0.3) is 0 Å². The Labute approximate surface area is 224 Å². The molecule has 204 valence electrons. The molecule has 0 aliphatic heterocycles. The van der Waals surface area contributed by atoms with Crippen molar-refractivity contribution in [1.82, 2.24) is 13.7 Å². The second kappa shape index (κ2) is 18.2. The number of esters is 3. The summed E-state index contributed by atoms with van der Waals surface area (Å²) in [4.78, 5) is 73.8. The number of hydrogen-bond acceptors (Lipinski definition) is 12. The zero-order valence-corrected chi connectivity index (χ0v) is 22.6. The molecule has 15 heteroatoms. The summed E-state index contributed by atoms with van der Waals surface area (Å²) in [6.45, 7) is -1.70. The highest BCUT2D eigenvalue weighted by Crippen LogP contribution is 1.97. The predicted molar refractivity (Wildman–Crippen MR) is 141 cm³/mol. The topological polar surface area (TPSA) is 145 Å². The number of thiol groups is 3. The van der Waals surface area contributed by atoms with Crippen molar-refractivity contribution in [3.05, 3.63) is 31.5 Å². The molecule has 0 N–H and O–H groups in total. The summed E-state index contributed by atoms with van der Waals surface area (Å²) < 4.78 is 17.4. The molecule has 1 aromatic rings. The molecule has 0 spiro atoms. The third-order valence-corrected chi connectivity index (χ3v) is 5.68. The summed E-state index contributed by atoms with van der Waals surface area (Å²) in [7, 11) is 0. The highest BCUT2D eigenvalue weighted by molar-refractivity contribution is 7.80. The van der Waals surface area contributed by atoms with Crippen LogP contribution in [0.2, 0.25) is 0 Å². The van der Waals surface area contributed by atoms with Crippen LogP contribution in [0.25, 0.3) is 0 Å². The minimum Gasteiger partial charge on any atom is -0.464 e. The fourth-order valence-electron chi connectivity index (χ4n) is 2.90. The van der Waals surface area contributed by atoms with Crippen LogP contribution >= 0.6 is 37.9 Å². The average molecular weight is 568 g/mol. The highest BCUT2D eigenvalue weighted by Gasteiger charge is 2.17. The van der Waals surface area contributed by atoms with Crippen molar-refractivity contribution in [3.63, 3.8) is 0 Å². The summed E-state index contributed by atoms with van der Waals surface area (Å²) in [6, 6.07) is 0. The van der Waals surface area contributed by atoms with E-state index in [1.807, 2.05) is 0 Å². The second-order valence-electron chi connectivity index (χ2n) is 7.45. The van der Waals surface area contributed by atoms with Gasteiger partial charge in [0.05, 0.1) is 19.6 Å². The number of carbonyl (C=O) groups is 3.